The van der Waals surface area contributed by atoms with Gasteiger partial charge in [0.25, 0.3) is 5.91 Å². The summed E-state index contributed by atoms with van der Waals surface area (Å²) in [4.78, 5) is 29.7. The molecule has 0 aliphatic carbocycles. The van der Waals surface area contributed by atoms with E-state index in [9.17, 15) is 9.59 Å². The van der Waals surface area contributed by atoms with Gasteiger partial charge in [-0.1, -0.05) is 12.1 Å². The van der Waals surface area contributed by atoms with Crippen molar-refractivity contribution >= 4 is 11.8 Å². The average molecular weight is 353 g/mol. The second kappa shape index (κ2) is 7.99. The Morgan fingerprint density at radius 3 is 2.31 bits per heavy atom. The average Bonchev–Trinajstić information content (AvgIpc) is 2.68. The molecule has 0 radical (unpaired) electrons. The molecule has 0 spiro atoms. The molecule has 6 nitrogen and oxygen atoms in total. The lowest BCUT2D eigenvalue weighted by Gasteiger charge is -2.32. The number of aromatic nitrogens is 1. The van der Waals surface area contributed by atoms with E-state index < -0.39 is 5.91 Å². The van der Waals surface area contributed by atoms with Crippen LogP contribution in [0.1, 0.15) is 39.1 Å². The van der Waals surface area contributed by atoms with Gasteiger partial charge in [0.1, 0.15) is 0 Å². The molecule has 1 fully saturated rings. The summed E-state index contributed by atoms with van der Waals surface area (Å²) in [5, 5.41) is 0. The van der Waals surface area contributed by atoms with E-state index in [0.29, 0.717) is 22.9 Å². The monoisotopic (exact) mass is 353 g/mol. The first kappa shape index (κ1) is 17.9. The molecule has 2 heterocycles. The number of hydrogen-bond acceptors (Lipinski definition) is 4. The van der Waals surface area contributed by atoms with Crippen LogP contribution in [0.15, 0.2) is 42.6 Å². The molecule has 0 saturated carbocycles. The second-order valence-electron chi connectivity index (χ2n) is 6.59. The maximum Gasteiger partial charge on any atom is 0.255 e. The third-order valence-electron chi connectivity index (χ3n) is 4.86. The van der Waals surface area contributed by atoms with Crippen molar-refractivity contribution in [1.29, 1.82) is 0 Å². The van der Waals surface area contributed by atoms with Crippen molar-refractivity contribution < 1.29 is 14.3 Å². The number of nitrogens with zero attached hydrogens (tertiary/aromatic N) is 2. The van der Waals surface area contributed by atoms with Gasteiger partial charge >= 0.3 is 0 Å². The van der Waals surface area contributed by atoms with Crippen LogP contribution < -0.4 is 10.5 Å². The summed E-state index contributed by atoms with van der Waals surface area (Å²) in [6, 6.07) is 10.9. The molecule has 0 bridgehead atoms. The number of nitrogens with two attached hydrogens (primary N) is 1. The minimum Gasteiger partial charge on any atom is -0.481 e. The predicted molar refractivity (Wildman–Crippen MR) is 98.1 cm³/mol. The Bertz CT molecular complexity index is 764. The number of methoxy groups -OCH3 is 1. The molecule has 1 aliphatic heterocycles. The fraction of sp³-hybridized carbons (Fsp3) is 0.350. The first-order chi connectivity index (χ1) is 12.6. The molecule has 1 aliphatic rings. The summed E-state index contributed by atoms with van der Waals surface area (Å²) >= 11 is 0. The maximum atomic E-state index is 12.6. The van der Waals surface area contributed by atoms with Crippen LogP contribution >= 0.6 is 0 Å². The Labute approximate surface area is 153 Å². The summed E-state index contributed by atoms with van der Waals surface area (Å²) in [5.41, 5.74) is 7.58. The first-order valence-corrected chi connectivity index (χ1v) is 8.75. The highest BCUT2D eigenvalue weighted by atomic mass is 16.5. The van der Waals surface area contributed by atoms with Gasteiger partial charge in [0.15, 0.2) is 0 Å². The van der Waals surface area contributed by atoms with E-state index >= 15 is 0 Å². The van der Waals surface area contributed by atoms with Crippen molar-refractivity contribution in [2.24, 2.45) is 11.7 Å². The highest BCUT2D eigenvalue weighted by Crippen LogP contribution is 2.23. The zero-order valence-corrected chi connectivity index (χ0v) is 14.9. The molecule has 2 N–H and O–H groups in total. The van der Waals surface area contributed by atoms with Crippen LogP contribution in [-0.4, -0.2) is 41.9 Å². The van der Waals surface area contributed by atoms with Crippen LogP contribution in [0.3, 0.4) is 0 Å². The summed E-state index contributed by atoms with van der Waals surface area (Å²) in [6.07, 6.45) is 4.44. The lowest BCUT2D eigenvalue weighted by molar-refractivity contribution is 0.0690. The van der Waals surface area contributed by atoms with Gasteiger partial charge in [-0.3, -0.25) is 9.59 Å². The van der Waals surface area contributed by atoms with Crippen LogP contribution in [0.2, 0.25) is 0 Å². The van der Waals surface area contributed by atoms with E-state index in [4.69, 9.17) is 10.5 Å². The molecule has 6 heteroatoms. The number of ether oxygens (including phenoxy) is 1. The molecule has 2 aromatic rings. The van der Waals surface area contributed by atoms with E-state index in [0.717, 1.165) is 32.4 Å². The second-order valence-corrected chi connectivity index (χ2v) is 6.59. The number of carbonyl (C=O) groups is 2. The summed E-state index contributed by atoms with van der Waals surface area (Å²) in [5.74, 6) is 0.649. The Kier molecular flexibility index (Phi) is 5.51. The lowest BCUT2D eigenvalue weighted by atomic mass is 9.89. The van der Waals surface area contributed by atoms with Gasteiger partial charge in [0, 0.05) is 30.9 Å². The number of piperidine rings is 1. The molecule has 3 rings (SSSR count). The SMILES string of the molecule is COc1ccc(C(=O)N2CCC(Cc3ccc(C(N)=O)cc3)CC2)cn1. The molecule has 1 aromatic carbocycles. The van der Waals surface area contributed by atoms with Crippen LogP contribution in [0.4, 0.5) is 0 Å². The molecule has 0 unspecified atom stereocenters. The van der Waals surface area contributed by atoms with Crippen molar-refractivity contribution in [3.8, 4) is 5.88 Å². The summed E-state index contributed by atoms with van der Waals surface area (Å²) in [6.45, 7) is 1.49. The number of rotatable bonds is 5. The quantitative estimate of drug-likeness (QED) is 0.893. The molecule has 1 saturated heterocycles. The van der Waals surface area contributed by atoms with Crippen molar-refractivity contribution in [1.82, 2.24) is 9.88 Å². The number of primary amides is 1. The van der Waals surface area contributed by atoms with Crippen molar-refractivity contribution in [3.05, 3.63) is 59.3 Å². The zero-order valence-electron chi connectivity index (χ0n) is 14.9. The van der Waals surface area contributed by atoms with Gasteiger partial charge in [-0.15, -0.1) is 0 Å². The normalized spacial score (nSPS) is 14.9. The van der Waals surface area contributed by atoms with Gasteiger partial charge in [-0.2, -0.15) is 0 Å². The number of likely N-dealkylation sites (tertiary alicyclic amines) is 1. The molecule has 1 aromatic heterocycles. The largest absolute Gasteiger partial charge is 0.481 e. The number of benzene rings is 1. The van der Waals surface area contributed by atoms with Crippen LogP contribution in [0, 0.1) is 5.92 Å². The van der Waals surface area contributed by atoms with Gasteiger partial charge in [0.05, 0.1) is 12.7 Å². The molecule has 2 amide bonds. The van der Waals surface area contributed by atoms with E-state index in [1.807, 2.05) is 17.0 Å². The van der Waals surface area contributed by atoms with Crippen molar-refractivity contribution in [2.75, 3.05) is 20.2 Å². The number of pyridine rings is 1. The van der Waals surface area contributed by atoms with Gasteiger partial charge < -0.3 is 15.4 Å². The summed E-state index contributed by atoms with van der Waals surface area (Å²) in [7, 11) is 1.55. The van der Waals surface area contributed by atoms with Gasteiger partial charge in [-0.25, -0.2) is 4.98 Å². The standard InChI is InChI=1S/C20H23N3O3/c1-26-18-7-6-17(13-22-18)20(25)23-10-8-15(9-11-23)12-14-2-4-16(5-3-14)19(21)24/h2-7,13,15H,8-12H2,1H3,(H2,21,24). The Hall–Kier alpha value is -2.89. The van der Waals surface area contributed by atoms with Crippen molar-refractivity contribution in [3.63, 3.8) is 0 Å². The number of carbonyl (C=O) groups excluding carboxylic acids is 2. The molecular weight excluding hydrogens is 330 g/mol. The van der Waals surface area contributed by atoms with Gasteiger partial charge in [0.2, 0.25) is 11.8 Å². The van der Waals surface area contributed by atoms with E-state index in [2.05, 4.69) is 4.98 Å². The van der Waals surface area contributed by atoms with Crippen LogP contribution in [-0.2, 0) is 6.42 Å². The third kappa shape index (κ3) is 4.20. The fourth-order valence-corrected chi connectivity index (χ4v) is 3.29. The molecule has 136 valence electrons. The molecular formula is C20H23N3O3. The smallest absolute Gasteiger partial charge is 0.255 e. The highest BCUT2D eigenvalue weighted by molar-refractivity contribution is 5.94. The minimum atomic E-state index is -0.406. The van der Waals surface area contributed by atoms with E-state index in [-0.39, 0.29) is 5.91 Å². The van der Waals surface area contributed by atoms with E-state index in [1.165, 1.54) is 5.56 Å². The topological polar surface area (TPSA) is 85.5 Å². The lowest BCUT2D eigenvalue weighted by Crippen LogP contribution is -2.38. The predicted octanol–water partition coefficient (Wildman–Crippen LogP) is 2.28. The molecule has 26 heavy (non-hydrogen) atoms. The maximum absolute atomic E-state index is 12.6. The fourth-order valence-electron chi connectivity index (χ4n) is 3.29. The highest BCUT2D eigenvalue weighted by Gasteiger charge is 2.24. The number of hydrogen-bond donors (Lipinski definition) is 1. The molecule has 0 atom stereocenters. The van der Waals surface area contributed by atoms with Crippen LogP contribution in [0.25, 0.3) is 0 Å². The Balaban J connectivity index is 1.53. The first-order valence-electron chi connectivity index (χ1n) is 8.75. The van der Waals surface area contributed by atoms with Crippen LogP contribution in [0.5, 0.6) is 5.88 Å². The zero-order chi connectivity index (χ0) is 18.5. The minimum absolute atomic E-state index is 0.0180. The summed E-state index contributed by atoms with van der Waals surface area (Å²) < 4.78 is 5.02. The van der Waals surface area contributed by atoms with E-state index in [1.54, 1.807) is 37.6 Å². The third-order valence-corrected chi connectivity index (χ3v) is 4.86. The van der Waals surface area contributed by atoms with Crippen molar-refractivity contribution in [2.45, 2.75) is 19.3 Å². The number of amides is 2. The Morgan fingerprint density at radius 2 is 1.77 bits per heavy atom. The Morgan fingerprint density at radius 1 is 1.12 bits per heavy atom. The van der Waals surface area contributed by atoms with Gasteiger partial charge in [-0.05, 0) is 48.9 Å².